The van der Waals surface area contributed by atoms with Gasteiger partial charge in [0, 0.05) is 19.3 Å². The number of nitrogens with one attached hydrogen (secondary N) is 1. The van der Waals surface area contributed by atoms with Crippen LogP contribution in [0.5, 0.6) is 0 Å². The molecule has 18 heavy (non-hydrogen) atoms. The molecule has 3 heterocycles. The number of hydrogen-bond donors (Lipinski definition) is 1. The van der Waals surface area contributed by atoms with Crippen LogP contribution in [0.1, 0.15) is 30.7 Å². The Balaban J connectivity index is 1.75. The molecule has 3 rings (SSSR count). The van der Waals surface area contributed by atoms with Crippen molar-refractivity contribution in [2.75, 3.05) is 13.1 Å². The maximum Gasteiger partial charge on any atom is 0.137 e. The number of nitrogens with zero attached hydrogens (tertiary/aromatic N) is 3. The van der Waals surface area contributed by atoms with Crippen LogP contribution in [-0.2, 0) is 6.54 Å². The molecule has 1 saturated heterocycles. The minimum absolute atomic E-state index is 0.858. The average Bonchev–Trinajstić information content (AvgIpc) is 2.73. The van der Waals surface area contributed by atoms with Gasteiger partial charge in [-0.15, -0.1) is 0 Å². The molecule has 1 fully saturated rings. The molecule has 2 aromatic rings. The highest BCUT2D eigenvalue weighted by molar-refractivity contribution is 5.42. The number of rotatable bonds is 3. The largest absolute Gasteiger partial charge is 0.302 e. The first kappa shape index (κ1) is 11.7. The van der Waals surface area contributed by atoms with Crippen LogP contribution < -0.4 is 5.43 Å². The SMILES string of the molecule is Cc1nc2ccccn2c1CNN1CCCCC1. The Morgan fingerprint density at radius 1 is 1.22 bits per heavy atom. The van der Waals surface area contributed by atoms with Gasteiger partial charge in [-0.3, -0.25) is 0 Å². The van der Waals surface area contributed by atoms with Crippen LogP contribution in [0.2, 0.25) is 0 Å². The molecule has 4 heteroatoms. The van der Waals surface area contributed by atoms with Crippen LogP contribution in [0.4, 0.5) is 0 Å². The summed E-state index contributed by atoms with van der Waals surface area (Å²) in [6.45, 7) is 5.27. The minimum Gasteiger partial charge on any atom is -0.302 e. The van der Waals surface area contributed by atoms with Crippen LogP contribution in [0.25, 0.3) is 5.65 Å². The van der Waals surface area contributed by atoms with Gasteiger partial charge in [-0.2, -0.15) is 0 Å². The summed E-state index contributed by atoms with van der Waals surface area (Å²) in [5.74, 6) is 0. The second kappa shape index (κ2) is 5.08. The lowest BCUT2D eigenvalue weighted by molar-refractivity contribution is 0.150. The molecule has 0 bridgehead atoms. The van der Waals surface area contributed by atoms with E-state index in [-0.39, 0.29) is 0 Å². The fourth-order valence-corrected chi connectivity index (χ4v) is 2.62. The highest BCUT2D eigenvalue weighted by Crippen LogP contribution is 2.12. The summed E-state index contributed by atoms with van der Waals surface area (Å²) in [5, 5.41) is 2.34. The summed E-state index contributed by atoms with van der Waals surface area (Å²) >= 11 is 0. The Hall–Kier alpha value is -1.39. The first-order valence-electron chi connectivity index (χ1n) is 6.75. The van der Waals surface area contributed by atoms with Crippen molar-refractivity contribution >= 4 is 5.65 Å². The number of imidazole rings is 1. The van der Waals surface area contributed by atoms with E-state index in [0.29, 0.717) is 0 Å². The van der Waals surface area contributed by atoms with Gasteiger partial charge in [0.1, 0.15) is 5.65 Å². The zero-order chi connectivity index (χ0) is 12.4. The Kier molecular flexibility index (Phi) is 3.30. The molecule has 4 nitrogen and oxygen atoms in total. The van der Waals surface area contributed by atoms with Gasteiger partial charge in [0.15, 0.2) is 0 Å². The number of hydrazine groups is 1. The highest BCUT2D eigenvalue weighted by Gasteiger charge is 2.12. The molecule has 0 amide bonds. The van der Waals surface area contributed by atoms with E-state index < -0.39 is 0 Å². The Morgan fingerprint density at radius 2 is 2.06 bits per heavy atom. The second-order valence-electron chi connectivity index (χ2n) is 4.96. The molecule has 1 aliphatic rings. The maximum absolute atomic E-state index is 4.58. The number of pyridine rings is 1. The molecule has 1 N–H and O–H groups in total. The first-order valence-corrected chi connectivity index (χ1v) is 6.75. The zero-order valence-electron chi connectivity index (χ0n) is 10.9. The first-order chi connectivity index (χ1) is 8.84. The van der Waals surface area contributed by atoms with Crippen LogP contribution in [0.15, 0.2) is 24.4 Å². The Labute approximate surface area is 108 Å². The van der Waals surface area contributed by atoms with E-state index in [0.717, 1.165) is 31.0 Å². The van der Waals surface area contributed by atoms with E-state index in [4.69, 9.17) is 0 Å². The summed E-state index contributed by atoms with van der Waals surface area (Å²) in [7, 11) is 0. The van der Waals surface area contributed by atoms with Crippen LogP contribution >= 0.6 is 0 Å². The molecule has 96 valence electrons. The van der Waals surface area contributed by atoms with E-state index in [2.05, 4.69) is 45.1 Å². The van der Waals surface area contributed by atoms with E-state index >= 15 is 0 Å². The van der Waals surface area contributed by atoms with Crippen LogP contribution in [0, 0.1) is 6.92 Å². The lowest BCUT2D eigenvalue weighted by Gasteiger charge is -2.27. The van der Waals surface area contributed by atoms with E-state index in [1.807, 2.05) is 6.07 Å². The van der Waals surface area contributed by atoms with Gasteiger partial charge >= 0.3 is 0 Å². The standard InChI is InChI=1S/C14H20N4/c1-12-13(11-15-17-8-4-2-5-9-17)18-10-6-3-7-14(18)16-12/h3,6-7,10,15H,2,4-5,8-9,11H2,1H3. The third-order valence-corrected chi connectivity index (χ3v) is 3.66. The molecule has 0 radical (unpaired) electrons. The van der Waals surface area contributed by atoms with Gasteiger partial charge in [0.25, 0.3) is 0 Å². The fraction of sp³-hybridized carbons (Fsp3) is 0.500. The molecular formula is C14H20N4. The summed E-state index contributed by atoms with van der Waals surface area (Å²) in [6, 6.07) is 6.14. The molecule has 0 saturated carbocycles. The number of fused-ring (bicyclic) bond motifs is 1. The molecule has 0 unspecified atom stereocenters. The van der Waals surface area contributed by atoms with E-state index in [1.165, 1.54) is 25.0 Å². The molecular weight excluding hydrogens is 224 g/mol. The van der Waals surface area contributed by atoms with Crippen molar-refractivity contribution in [1.29, 1.82) is 0 Å². The molecule has 0 spiro atoms. The van der Waals surface area contributed by atoms with Gasteiger partial charge in [-0.1, -0.05) is 12.5 Å². The number of aromatic nitrogens is 2. The smallest absolute Gasteiger partial charge is 0.137 e. The normalized spacial score (nSPS) is 17.4. The van der Waals surface area contributed by atoms with Crippen molar-refractivity contribution < 1.29 is 0 Å². The van der Waals surface area contributed by atoms with Crippen molar-refractivity contribution in [2.45, 2.75) is 32.7 Å². The number of hydrogen-bond acceptors (Lipinski definition) is 3. The lowest BCUT2D eigenvalue weighted by atomic mass is 10.2. The highest BCUT2D eigenvalue weighted by atomic mass is 15.5. The maximum atomic E-state index is 4.58. The van der Waals surface area contributed by atoms with Crippen molar-refractivity contribution in [3.63, 3.8) is 0 Å². The number of aryl methyl sites for hydroxylation is 1. The predicted molar refractivity (Wildman–Crippen MR) is 72.2 cm³/mol. The molecule has 1 aliphatic heterocycles. The third kappa shape index (κ3) is 2.26. The van der Waals surface area contributed by atoms with E-state index in [1.54, 1.807) is 0 Å². The third-order valence-electron chi connectivity index (χ3n) is 3.66. The molecule has 0 atom stereocenters. The van der Waals surface area contributed by atoms with Gasteiger partial charge in [0.05, 0.1) is 17.9 Å². The van der Waals surface area contributed by atoms with Gasteiger partial charge in [0.2, 0.25) is 0 Å². The van der Waals surface area contributed by atoms with Gasteiger partial charge in [-0.25, -0.2) is 15.4 Å². The predicted octanol–water partition coefficient (Wildman–Crippen LogP) is 2.13. The van der Waals surface area contributed by atoms with Crippen molar-refractivity contribution in [3.8, 4) is 0 Å². The summed E-state index contributed by atoms with van der Waals surface area (Å²) in [6.07, 6.45) is 6.06. The fourth-order valence-electron chi connectivity index (χ4n) is 2.62. The average molecular weight is 244 g/mol. The number of piperidine rings is 1. The molecule has 2 aromatic heterocycles. The van der Waals surface area contributed by atoms with Gasteiger partial charge in [-0.05, 0) is 31.9 Å². The van der Waals surface area contributed by atoms with Crippen molar-refractivity contribution in [2.24, 2.45) is 0 Å². The molecule has 0 aliphatic carbocycles. The monoisotopic (exact) mass is 244 g/mol. The minimum atomic E-state index is 0.858. The second-order valence-corrected chi connectivity index (χ2v) is 4.96. The van der Waals surface area contributed by atoms with Crippen LogP contribution in [0.3, 0.4) is 0 Å². The van der Waals surface area contributed by atoms with Gasteiger partial charge < -0.3 is 4.40 Å². The lowest BCUT2D eigenvalue weighted by Crippen LogP contribution is -2.41. The quantitative estimate of drug-likeness (QED) is 0.898. The van der Waals surface area contributed by atoms with Crippen molar-refractivity contribution in [1.82, 2.24) is 19.8 Å². The van der Waals surface area contributed by atoms with E-state index in [9.17, 15) is 0 Å². The summed E-state index contributed by atoms with van der Waals surface area (Å²) in [4.78, 5) is 4.58. The van der Waals surface area contributed by atoms with Crippen molar-refractivity contribution in [3.05, 3.63) is 35.8 Å². The summed E-state index contributed by atoms with van der Waals surface area (Å²) in [5.41, 5.74) is 6.94. The summed E-state index contributed by atoms with van der Waals surface area (Å²) < 4.78 is 2.17. The van der Waals surface area contributed by atoms with Crippen LogP contribution in [-0.4, -0.2) is 27.5 Å². The topological polar surface area (TPSA) is 32.6 Å². The Bertz CT molecular complexity index is 526. The molecule has 0 aromatic carbocycles. The Morgan fingerprint density at radius 3 is 2.89 bits per heavy atom. The zero-order valence-corrected chi connectivity index (χ0v) is 10.9.